The van der Waals surface area contributed by atoms with E-state index < -0.39 is 5.91 Å². The third-order valence-corrected chi connectivity index (χ3v) is 5.72. The molecule has 0 saturated heterocycles. The lowest BCUT2D eigenvalue weighted by atomic mass is 10.0. The molecule has 0 atom stereocenters. The number of aromatic nitrogens is 2. The Bertz CT molecular complexity index is 1300. The molecular formula is C26H25ClFN3O3. The van der Waals surface area contributed by atoms with Crippen molar-refractivity contribution in [3.8, 4) is 5.75 Å². The number of ether oxygens (including phenoxy) is 1. The molecule has 4 aromatic rings. The molecule has 4 rings (SSSR count). The minimum absolute atomic E-state index is 0.156. The Balaban J connectivity index is 1.36. The zero-order chi connectivity index (χ0) is 24.2. The van der Waals surface area contributed by atoms with Gasteiger partial charge in [-0.3, -0.25) is 9.48 Å². The van der Waals surface area contributed by atoms with E-state index >= 15 is 0 Å². The van der Waals surface area contributed by atoms with Crippen molar-refractivity contribution in [3.63, 3.8) is 0 Å². The van der Waals surface area contributed by atoms with Crippen LogP contribution in [0.1, 0.15) is 52.8 Å². The number of nitrogens with one attached hydrogen (secondary N) is 1. The van der Waals surface area contributed by atoms with Gasteiger partial charge in [0.05, 0.1) is 6.54 Å². The maximum Gasteiger partial charge on any atom is 0.292 e. The van der Waals surface area contributed by atoms with Crippen LogP contribution in [0.4, 0.5) is 10.2 Å². The lowest BCUT2D eigenvalue weighted by Gasteiger charge is -2.15. The smallest absolute Gasteiger partial charge is 0.292 e. The molecule has 0 bridgehead atoms. The minimum atomic E-state index is -0.413. The molecule has 2 aromatic carbocycles. The van der Waals surface area contributed by atoms with Gasteiger partial charge in [0.2, 0.25) is 0 Å². The predicted molar refractivity (Wildman–Crippen MR) is 129 cm³/mol. The highest BCUT2D eigenvalue weighted by atomic mass is 35.5. The van der Waals surface area contributed by atoms with Crippen LogP contribution in [0.2, 0.25) is 5.02 Å². The van der Waals surface area contributed by atoms with Crippen LogP contribution in [0, 0.1) is 12.7 Å². The Labute approximate surface area is 202 Å². The highest BCUT2D eigenvalue weighted by Gasteiger charge is 2.15. The summed E-state index contributed by atoms with van der Waals surface area (Å²) in [6, 6.07) is 15.0. The Morgan fingerprint density at radius 1 is 1.18 bits per heavy atom. The molecule has 6 nitrogen and oxygen atoms in total. The van der Waals surface area contributed by atoms with Gasteiger partial charge >= 0.3 is 0 Å². The average Bonchev–Trinajstić information content (AvgIpc) is 3.45. The second kappa shape index (κ2) is 10.1. The number of amides is 1. The molecule has 0 unspecified atom stereocenters. The van der Waals surface area contributed by atoms with E-state index in [0.717, 1.165) is 22.4 Å². The van der Waals surface area contributed by atoms with Crippen LogP contribution in [-0.2, 0) is 13.2 Å². The van der Waals surface area contributed by atoms with Gasteiger partial charge in [-0.15, -0.1) is 0 Å². The third kappa shape index (κ3) is 5.66. The molecule has 0 aliphatic heterocycles. The van der Waals surface area contributed by atoms with Gasteiger partial charge in [-0.25, -0.2) is 4.39 Å². The summed E-state index contributed by atoms with van der Waals surface area (Å²) >= 11 is 6.26. The summed E-state index contributed by atoms with van der Waals surface area (Å²) in [5.41, 5.74) is 2.84. The van der Waals surface area contributed by atoms with E-state index in [0.29, 0.717) is 23.1 Å². The van der Waals surface area contributed by atoms with Crippen molar-refractivity contribution >= 4 is 23.3 Å². The largest absolute Gasteiger partial charge is 0.485 e. The van der Waals surface area contributed by atoms with E-state index in [1.165, 1.54) is 12.1 Å². The van der Waals surface area contributed by atoms with Crippen LogP contribution in [0.5, 0.6) is 5.75 Å². The third-order valence-electron chi connectivity index (χ3n) is 5.31. The molecule has 8 heteroatoms. The summed E-state index contributed by atoms with van der Waals surface area (Å²) in [4.78, 5) is 12.6. The lowest BCUT2D eigenvalue weighted by Crippen LogP contribution is -2.12. The van der Waals surface area contributed by atoms with Crippen molar-refractivity contribution in [2.75, 3.05) is 5.32 Å². The summed E-state index contributed by atoms with van der Waals surface area (Å²) in [7, 11) is 0. The van der Waals surface area contributed by atoms with Gasteiger partial charge in [0.15, 0.2) is 11.6 Å². The molecule has 0 fully saturated rings. The molecule has 0 saturated carbocycles. The molecule has 0 spiro atoms. The molecule has 0 aliphatic rings. The van der Waals surface area contributed by atoms with Gasteiger partial charge < -0.3 is 14.5 Å². The fraction of sp³-hybridized carbons (Fsp3) is 0.231. The summed E-state index contributed by atoms with van der Waals surface area (Å²) in [6.45, 7) is 6.71. The summed E-state index contributed by atoms with van der Waals surface area (Å²) in [6.07, 6.45) is 1.74. The van der Waals surface area contributed by atoms with Gasteiger partial charge in [-0.05, 0) is 65.9 Å². The maximum absolute atomic E-state index is 13.1. The average molecular weight is 482 g/mol. The first kappa shape index (κ1) is 23.6. The monoisotopic (exact) mass is 481 g/mol. The van der Waals surface area contributed by atoms with Crippen LogP contribution >= 0.6 is 11.6 Å². The van der Waals surface area contributed by atoms with E-state index in [1.54, 1.807) is 41.2 Å². The van der Waals surface area contributed by atoms with E-state index in [4.69, 9.17) is 20.8 Å². The van der Waals surface area contributed by atoms with Crippen molar-refractivity contribution in [2.24, 2.45) is 0 Å². The molecule has 176 valence electrons. The zero-order valence-electron chi connectivity index (χ0n) is 19.1. The highest BCUT2D eigenvalue weighted by molar-refractivity contribution is 6.31. The fourth-order valence-corrected chi connectivity index (χ4v) is 3.62. The first-order chi connectivity index (χ1) is 16.3. The Morgan fingerprint density at radius 2 is 1.94 bits per heavy atom. The number of furan rings is 1. The van der Waals surface area contributed by atoms with Crippen molar-refractivity contribution in [1.29, 1.82) is 0 Å². The minimum Gasteiger partial charge on any atom is -0.485 e. The molecule has 1 N–H and O–H groups in total. The highest BCUT2D eigenvalue weighted by Crippen LogP contribution is 2.32. The van der Waals surface area contributed by atoms with Gasteiger partial charge in [-0.1, -0.05) is 37.6 Å². The fourth-order valence-electron chi connectivity index (χ4n) is 3.44. The topological polar surface area (TPSA) is 69.3 Å². The number of aryl methyl sites for hydroxylation is 1. The summed E-state index contributed by atoms with van der Waals surface area (Å²) in [5, 5.41) is 7.75. The van der Waals surface area contributed by atoms with Crippen LogP contribution in [0.25, 0.3) is 0 Å². The number of hydrogen-bond acceptors (Lipinski definition) is 4. The van der Waals surface area contributed by atoms with Crippen molar-refractivity contribution in [1.82, 2.24) is 9.78 Å². The first-order valence-corrected chi connectivity index (χ1v) is 11.3. The number of anilines is 1. The molecule has 0 radical (unpaired) electrons. The quantitative estimate of drug-likeness (QED) is 0.308. The normalized spacial score (nSPS) is 11.1. The number of benzene rings is 2. The van der Waals surface area contributed by atoms with Crippen molar-refractivity contribution < 1.29 is 18.3 Å². The first-order valence-electron chi connectivity index (χ1n) is 10.9. The Kier molecular flexibility index (Phi) is 7.03. The van der Waals surface area contributed by atoms with E-state index in [9.17, 15) is 9.18 Å². The van der Waals surface area contributed by atoms with Gasteiger partial charge in [0.25, 0.3) is 5.91 Å². The number of rotatable bonds is 8. The van der Waals surface area contributed by atoms with Crippen LogP contribution < -0.4 is 10.1 Å². The van der Waals surface area contributed by atoms with E-state index in [-0.39, 0.29) is 24.1 Å². The molecule has 2 aromatic heterocycles. The standard InChI is InChI=1S/C26H25ClFN3O3/c1-16(2)21-13-22(27)17(3)12-24(21)33-15-20-8-9-23(34-20)26(32)29-25-10-11-31(30-25)14-18-4-6-19(28)7-5-18/h4-13,16H,14-15H2,1-3H3,(H,29,30,32). The van der Waals surface area contributed by atoms with Gasteiger partial charge in [-0.2, -0.15) is 5.10 Å². The predicted octanol–water partition coefficient (Wildman–Crippen LogP) is 6.58. The van der Waals surface area contributed by atoms with Crippen molar-refractivity contribution in [3.05, 3.63) is 99.8 Å². The number of carbonyl (C=O) groups is 1. The number of halogens is 2. The zero-order valence-corrected chi connectivity index (χ0v) is 19.9. The second-order valence-corrected chi connectivity index (χ2v) is 8.73. The summed E-state index contributed by atoms with van der Waals surface area (Å²) in [5.74, 6) is 1.35. The molecule has 1 amide bonds. The van der Waals surface area contributed by atoms with E-state index in [2.05, 4.69) is 24.3 Å². The Morgan fingerprint density at radius 3 is 2.68 bits per heavy atom. The molecular weight excluding hydrogens is 457 g/mol. The van der Waals surface area contributed by atoms with Crippen LogP contribution in [0.3, 0.4) is 0 Å². The van der Waals surface area contributed by atoms with Crippen LogP contribution in [-0.4, -0.2) is 15.7 Å². The van der Waals surface area contributed by atoms with Crippen molar-refractivity contribution in [2.45, 2.75) is 39.8 Å². The maximum atomic E-state index is 13.1. The number of hydrogen-bond donors (Lipinski definition) is 1. The molecule has 34 heavy (non-hydrogen) atoms. The van der Waals surface area contributed by atoms with Gasteiger partial charge in [0, 0.05) is 17.3 Å². The van der Waals surface area contributed by atoms with Gasteiger partial charge in [0.1, 0.15) is 23.9 Å². The number of carbonyl (C=O) groups excluding carboxylic acids is 1. The molecule has 0 aliphatic carbocycles. The van der Waals surface area contributed by atoms with E-state index in [1.807, 2.05) is 19.1 Å². The number of nitrogens with zero attached hydrogens (tertiary/aromatic N) is 2. The summed E-state index contributed by atoms with van der Waals surface area (Å²) < 4.78 is 26.4. The SMILES string of the molecule is Cc1cc(OCc2ccc(C(=O)Nc3ccn(Cc4ccc(F)cc4)n3)o2)c(C(C)C)cc1Cl. The lowest BCUT2D eigenvalue weighted by molar-refractivity contribution is 0.0992. The van der Waals surface area contributed by atoms with Crippen LogP contribution in [0.15, 0.2) is 65.2 Å². The second-order valence-electron chi connectivity index (χ2n) is 8.33. The molecule has 2 heterocycles. The Hall–Kier alpha value is -3.58.